The van der Waals surface area contributed by atoms with E-state index in [4.69, 9.17) is 16.3 Å². The molecule has 0 spiro atoms. The van der Waals surface area contributed by atoms with Crippen molar-refractivity contribution >= 4 is 39.1 Å². The summed E-state index contributed by atoms with van der Waals surface area (Å²) < 4.78 is 7.15. The Kier molecular flexibility index (Phi) is 8.90. The molecule has 7 nitrogen and oxygen atoms in total. The van der Waals surface area contributed by atoms with Crippen LogP contribution in [0.4, 0.5) is 0 Å². The average molecular weight is 527 g/mol. The molecule has 2 aromatic heterocycles. The molecule has 4 rings (SSSR count). The highest BCUT2D eigenvalue weighted by Gasteiger charge is 2.19. The Hall–Kier alpha value is -3.01. The Balaban J connectivity index is 1.52. The number of rotatable bonds is 11. The molecule has 1 atom stereocenters. The molecule has 36 heavy (non-hydrogen) atoms. The Bertz CT molecular complexity index is 1370. The number of nitrogens with one attached hydrogen (secondary N) is 1. The lowest BCUT2D eigenvalue weighted by molar-refractivity contribution is -0.677. The van der Waals surface area contributed by atoms with Crippen molar-refractivity contribution in [3.8, 4) is 0 Å². The van der Waals surface area contributed by atoms with Gasteiger partial charge in [0.25, 0.3) is 5.91 Å². The smallest absolute Gasteiger partial charge is 0.257 e. The standard InChI is InChI=1S/C27H28ClN3O4S/c1-35-12-11-31-17-23(26(34)30-14-18-7-9-20(28)10-8-18)25(33)22-13-21(36-27(22)31)15-29-16-24(32)19-5-3-2-4-6-19/h2-10,13,17,24,29,32H,11-12,14-16H2,1H3,(H,30,34)/p+1. The first-order valence-electron chi connectivity index (χ1n) is 11.7. The molecule has 0 aliphatic heterocycles. The van der Waals surface area contributed by atoms with E-state index in [2.05, 4.69) is 5.32 Å². The molecule has 0 saturated heterocycles. The van der Waals surface area contributed by atoms with Gasteiger partial charge in [0.15, 0.2) is 0 Å². The molecule has 4 N–H and O–H groups in total. The monoisotopic (exact) mass is 526 g/mol. The number of thiophene rings is 1. The summed E-state index contributed by atoms with van der Waals surface area (Å²) in [7, 11) is 1.62. The number of methoxy groups -OCH3 is 1. The van der Waals surface area contributed by atoms with Crippen LogP contribution in [0.3, 0.4) is 0 Å². The predicted molar refractivity (Wildman–Crippen MR) is 142 cm³/mol. The zero-order chi connectivity index (χ0) is 25.5. The van der Waals surface area contributed by atoms with Crippen LogP contribution in [0.2, 0.25) is 5.02 Å². The number of nitrogens with zero attached hydrogens (tertiary/aromatic N) is 1. The van der Waals surface area contributed by atoms with Crippen molar-refractivity contribution < 1.29 is 20.0 Å². The number of benzene rings is 2. The van der Waals surface area contributed by atoms with E-state index in [1.54, 1.807) is 25.4 Å². The van der Waals surface area contributed by atoms with E-state index < -0.39 is 12.0 Å². The van der Waals surface area contributed by atoms with Gasteiger partial charge in [0.1, 0.15) is 29.6 Å². The number of quaternary nitrogens is 1. The van der Waals surface area contributed by atoms with Crippen molar-refractivity contribution in [1.82, 2.24) is 9.88 Å². The largest absolute Gasteiger partial charge is 0.383 e. The van der Waals surface area contributed by atoms with Gasteiger partial charge in [0.2, 0.25) is 5.43 Å². The van der Waals surface area contributed by atoms with Gasteiger partial charge in [-0.1, -0.05) is 54.1 Å². The second-order valence-electron chi connectivity index (χ2n) is 8.45. The van der Waals surface area contributed by atoms with Gasteiger partial charge in [0.05, 0.1) is 16.9 Å². The summed E-state index contributed by atoms with van der Waals surface area (Å²) in [5.74, 6) is -0.423. The third kappa shape index (κ3) is 6.40. The van der Waals surface area contributed by atoms with Crippen molar-refractivity contribution in [2.24, 2.45) is 0 Å². The van der Waals surface area contributed by atoms with Gasteiger partial charge < -0.3 is 25.0 Å². The quantitative estimate of drug-likeness (QED) is 0.280. The van der Waals surface area contributed by atoms with Crippen LogP contribution in [0.5, 0.6) is 0 Å². The lowest BCUT2D eigenvalue weighted by Gasteiger charge is -2.11. The summed E-state index contributed by atoms with van der Waals surface area (Å²) in [6.45, 7) is 2.38. The predicted octanol–water partition coefficient (Wildman–Crippen LogP) is 3.09. The highest BCUT2D eigenvalue weighted by atomic mass is 35.5. The second-order valence-corrected chi connectivity index (χ2v) is 10.0. The maximum absolute atomic E-state index is 13.3. The summed E-state index contributed by atoms with van der Waals surface area (Å²) in [4.78, 5) is 28.0. The fourth-order valence-electron chi connectivity index (χ4n) is 3.92. The number of fused-ring (bicyclic) bond motifs is 1. The Morgan fingerprint density at radius 1 is 1.19 bits per heavy atom. The molecule has 0 radical (unpaired) electrons. The van der Waals surface area contributed by atoms with E-state index in [1.165, 1.54) is 11.3 Å². The molecule has 1 amide bonds. The average Bonchev–Trinajstić information content (AvgIpc) is 3.33. The number of ether oxygens (including phenoxy) is 1. The molecular weight excluding hydrogens is 498 g/mol. The lowest BCUT2D eigenvalue weighted by atomic mass is 10.1. The van der Waals surface area contributed by atoms with Crippen LogP contribution in [0.15, 0.2) is 71.7 Å². The highest BCUT2D eigenvalue weighted by Crippen LogP contribution is 2.24. The summed E-state index contributed by atoms with van der Waals surface area (Å²) >= 11 is 7.45. The van der Waals surface area contributed by atoms with Crippen molar-refractivity contribution in [2.75, 3.05) is 20.3 Å². The fraction of sp³-hybridized carbons (Fsp3) is 0.259. The van der Waals surface area contributed by atoms with Crippen molar-refractivity contribution in [2.45, 2.75) is 25.7 Å². The molecule has 0 fully saturated rings. The summed E-state index contributed by atoms with van der Waals surface area (Å²) in [6, 6.07) is 18.6. The number of aliphatic hydroxyl groups is 1. The first kappa shape index (κ1) is 26.1. The first-order valence-corrected chi connectivity index (χ1v) is 12.9. The van der Waals surface area contributed by atoms with Gasteiger partial charge >= 0.3 is 0 Å². The topological polar surface area (TPSA) is 97.2 Å². The van der Waals surface area contributed by atoms with E-state index in [9.17, 15) is 14.7 Å². The number of nitrogens with two attached hydrogens (primary N) is 1. The van der Waals surface area contributed by atoms with E-state index in [0.717, 1.165) is 20.8 Å². The summed E-state index contributed by atoms with van der Waals surface area (Å²) in [5, 5.41) is 16.4. The Morgan fingerprint density at radius 2 is 1.94 bits per heavy atom. The van der Waals surface area contributed by atoms with Gasteiger partial charge in [-0.3, -0.25) is 9.59 Å². The molecule has 188 valence electrons. The first-order chi connectivity index (χ1) is 17.5. The molecule has 2 heterocycles. The number of amides is 1. The van der Waals surface area contributed by atoms with Crippen LogP contribution >= 0.6 is 22.9 Å². The van der Waals surface area contributed by atoms with Gasteiger partial charge in [-0.05, 0) is 29.3 Å². The van der Waals surface area contributed by atoms with Gasteiger partial charge in [0, 0.05) is 31.4 Å². The zero-order valence-electron chi connectivity index (χ0n) is 19.9. The van der Waals surface area contributed by atoms with E-state index in [1.807, 2.05) is 58.4 Å². The van der Waals surface area contributed by atoms with Crippen LogP contribution in [0, 0.1) is 0 Å². The van der Waals surface area contributed by atoms with Gasteiger partial charge in [-0.15, -0.1) is 11.3 Å². The number of aromatic nitrogens is 1. The van der Waals surface area contributed by atoms with Crippen molar-refractivity contribution in [1.29, 1.82) is 0 Å². The van der Waals surface area contributed by atoms with Crippen molar-refractivity contribution in [3.05, 3.63) is 104 Å². The summed E-state index contributed by atoms with van der Waals surface area (Å²) in [6.07, 6.45) is 1.04. The minimum atomic E-state index is -0.571. The number of halogens is 1. The van der Waals surface area contributed by atoms with Gasteiger partial charge in [-0.2, -0.15) is 0 Å². The highest BCUT2D eigenvalue weighted by molar-refractivity contribution is 7.18. The maximum Gasteiger partial charge on any atom is 0.257 e. The molecular formula is C27H29ClN3O4S+. The van der Waals surface area contributed by atoms with Crippen LogP contribution in [0.1, 0.15) is 32.5 Å². The third-order valence-corrected chi connectivity index (χ3v) is 7.31. The minimum absolute atomic E-state index is 0.0976. The molecule has 0 aliphatic rings. The Labute approximate surface area is 218 Å². The van der Waals surface area contributed by atoms with Crippen LogP contribution in [-0.4, -0.2) is 35.8 Å². The van der Waals surface area contributed by atoms with E-state index >= 15 is 0 Å². The number of aliphatic hydroxyl groups excluding tert-OH is 1. The normalized spacial score (nSPS) is 12.1. The second kappa shape index (κ2) is 12.3. The molecule has 2 aromatic carbocycles. The summed E-state index contributed by atoms with van der Waals surface area (Å²) in [5.41, 5.74) is 1.57. The van der Waals surface area contributed by atoms with Gasteiger partial charge in [-0.25, -0.2) is 0 Å². The maximum atomic E-state index is 13.3. The number of carbonyl (C=O) groups is 1. The van der Waals surface area contributed by atoms with Crippen LogP contribution in [0.25, 0.3) is 10.2 Å². The molecule has 0 bridgehead atoms. The number of pyridine rings is 1. The molecule has 4 aromatic rings. The molecule has 1 unspecified atom stereocenters. The van der Waals surface area contributed by atoms with Crippen LogP contribution < -0.4 is 16.1 Å². The third-order valence-electron chi connectivity index (χ3n) is 5.87. The van der Waals surface area contributed by atoms with Crippen LogP contribution in [-0.2, 0) is 24.4 Å². The number of hydrogen-bond acceptors (Lipinski definition) is 5. The number of hydrogen-bond donors (Lipinski definition) is 3. The van der Waals surface area contributed by atoms with Crippen molar-refractivity contribution in [3.63, 3.8) is 0 Å². The van der Waals surface area contributed by atoms with E-state index in [-0.39, 0.29) is 11.0 Å². The molecule has 9 heteroatoms. The molecule has 0 aliphatic carbocycles. The number of carbonyl (C=O) groups excluding carboxylic acids is 1. The SMILES string of the molecule is COCCn1cc(C(=O)NCc2ccc(Cl)cc2)c(=O)c2cc(C[NH2+]CC(O)c3ccccc3)sc21. The Morgan fingerprint density at radius 3 is 2.67 bits per heavy atom. The minimum Gasteiger partial charge on any atom is -0.383 e. The molecule has 0 saturated carbocycles. The van der Waals surface area contributed by atoms with E-state index in [0.29, 0.717) is 43.2 Å². The lowest BCUT2D eigenvalue weighted by Crippen LogP contribution is -2.83. The zero-order valence-corrected chi connectivity index (χ0v) is 21.5. The fourth-order valence-corrected chi connectivity index (χ4v) is 5.19.